The maximum atomic E-state index is 5.66. The van der Waals surface area contributed by atoms with Gasteiger partial charge >= 0.3 is 0 Å². The van der Waals surface area contributed by atoms with Gasteiger partial charge in [-0.15, -0.1) is 0 Å². The Hall–Kier alpha value is -1.34. The zero-order valence-electron chi connectivity index (χ0n) is 21.0. The molecule has 0 aliphatic carbocycles. The van der Waals surface area contributed by atoms with Crippen LogP contribution in [-0.2, 0) is 4.74 Å². The molecule has 0 N–H and O–H groups in total. The van der Waals surface area contributed by atoms with Crippen LogP contribution in [0.4, 0.5) is 0 Å². The van der Waals surface area contributed by atoms with Gasteiger partial charge in [-0.2, -0.15) is 0 Å². The zero-order valence-corrected chi connectivity index (χ0v) is 21.0. The van der Waals surface area contributed by atoms with Gasteiger partial charge in [-0.1, -0.05) is 58.7 Å². The zero-order chi connectivity index (χ0) is 22.4. The lowest BCUT2D eigenvalue weighted by atomic mass is 10.0. The third kappa shape index (κ3) is 13.8. The van der Waals surface area contributed by atoms with Crippen molar-refractivity contribution in [1.82, 2.24) is 0 Å². The Morgan fingerprint density at radius 2 is 1.07 bits per heavy atom. The van der Waals surface area contributed by atoms with E-state index in [1.807, 2.05) is 0 Å². The molecule has 1 aliphatic rings. The number of allylic oxidation sites excluding steroid dienone is 10. The molecule has 0 spiro atoms. The molecule has 1 aliphatic heterocycles. The number of hydrogen-bond acceptors (Lipinski definition) is 1. The molecule has 1 heteroatoms. The molecule has 0 saturated carbocycles. The third-order valence-corrected chi connectivity index (χ3v) is 5.91. The van der Waals surface area contributed by atoms with Crippen molar-refractivity contribution < 1.29 is 4.74 Å². The summed E-state index contributed by atoms with van der Waals surface area (Å²) in [6.45, 7) is 15.5. The van der Waals surface area contributed by atoms with E-state index in [1.165, 1.54) is 60.8 Å². The van der Waals surface area contributed by atoms with Gasteiger partial charge in [0.1, 0.15) is 0 Å². The van der Waals surface area contributed by atoms with Crippen molar-refractivity contribution in [3.05, 3.63) is 58.7 Å². The Balaban J connectivity index is 2.06. The van der Waals surface area contributed by atoms with Crippen molar-refractivity contribution in [2.24, 2.45) is 0 Å². The predicted octanol–water partition coefficient (Wildman–Crippen LogP) is 9.43. The van der Waals surface area contributed by atoms with Crippen molar-refractivity contribution in [3.63, 3.8) is 0 Å². The highest BCUT2D eigenvalue weighted by Crippen LogP contribution is 2.38. The summed E-state index contributed by atoms with van der Waals surface area (Å²) >= 11 is 0. The predicted molar refractivity (Wildman–Crippen MR) is 135 cm³/mol. The molecule has 0 radical (unpaired) electrons. The number of unbranched alkanes of at least 4 members (excludes halogenated alkanes) is 2. The first kappa shape index (κ1) is 26.7. The molecule has 1 nitrogen and oxygen atoms in total. The van der Waals surface area contributed by atoms with Crippen LogP contribution in [0.5, 0.6) is 0 Å². The summed E-state index contributed by atoms with van der Waals surface area (Å²) < 4.78 is 5.66. The first-order valence-electron chi connectivity index (χ1n) is 12.1. The van der Waals surface area contributed by atoms with Gasteiger partial charge in [0.15, 0.2) is 0 Å². The number of rotatable bonds is 15. The van der Waals surface area contributed by atoms with Crippen LogP contribution in [0.15, 0.2) is 58.7 Å². The molecule has 1 saturated heterocycles. The molecule has 0 aromatic heterocycles. The lowest BCUT2D eigenvalue weighted by Gasteiger charge is -2.01. The average molecular weight is 413 g/mol. The Bertz CT molecular complexity index is 635. The van der Waals surface area contributed by atoms with Crippen molar-refractivity contribution in [2.45, 2.75) is 124 Å². The summed E-state index contributed by atoms with van der Waals surface area (Å²) in [5.74, 6) is 0. The lowest BCUT2D eigenvalue weighted by molar-refractivity contribution is 0.320. The topological polar surface area (TPSA) is 12.5 Å². The molecule has 0 aromatic carbocycles. The molecular formula is C29H48O. The van der Waals surface area contributed by atoms with Crippen LogP contribution in [0.1, 0.15) is 113 Å². The van der Waals surface area contributed by atoms with Gasteiger partial charge in [-0.3, -0.25) is 0 Å². The standard InChI is InChI=1S/C29H48O/c1-24(2)16-14-19-26(4)21-15-20-25(3)17-12-10-8-9-11-13-18-27(5)22-23-28-29(6,7)30-28/h8-9,16-18,21,28H,10-15,19-20,22-23H2,1-7H3/b9-8+,25-17+,26-21+,27-18+/t28-/m0/s1. The smallest absolute Gasteiger partial charge is 0.0892 e. The Morgan fingerprint density at radius 1 is 0.633 bits per heavy atom. The molecule has 170 valence electrons. The van der Waals surface area contributed by atoms with E-state index in [0.717, 1.165) is 25.7 Å². The van der Waals surface area contributed by atoms with Crippen LogP contribution in [-0.4, -0.2) is 11.7 Å². The molecule has 0 unspecified atom stereocenters. The van der Waals surface area contributed by atoms with Crippen LogP contribution in [0, 0.1) is 0 Å². The summed E-state index contributed by atoms with van der Waals surface area (Å²) in [7, 11) is 0. The largest absolute Gasteiger partial charge is 0.367 e. The monoisotopic (exact) mass is 412 g/mol. The van der Waals surface area contributed by atoms with E-state index in [2.05, 4.69) is 84.9 Å². The van der Waals surface area contributed by atoms with Crippen LogP contribution < -0.4 is 0 Å². The highest BCUT2D eigenvalue weighted by Gasteiger charge is 2.46. The maximum absolute atomic E-state index is 5.66. The Kier molecular flexibility index (Phi) is 13.0. The molecule has 1 heterocycles. The van der Waals surface area contributed by atoms with Gasteiger partial charge in [-0.05, 0) is 113 Å². The summed E-state index contributed by atoms with van der Waals surface area (Å²) in [6.07, 6.45) is 26.5. The minimum atomic E-state index is 0.136. The van der Waals surface area contributed by atoms with Crippen LogP contribution >= 0.6 is 0 Å². The number of ether oxygens (including phenoxy) is 1. The summed E-state index contributed by atoms with van der Waals surface area (Å²) in [5, 5.41) is 0. The summed E-state index contributed by atoms with van der Waals surface area (Å²) in [4.78, 5) is 0. The summed E-state index contributed by atoms with van der Waals surface area (Å²) in [6, 6.07) is 0. The molecule has 1 fully saturated rings. The second-order valence-electron chi connectivity index (χ2n) is 9.88. The van der Waals surface area contributed by atoms with Gasteiger partial charge in [0.05, 0.1) is 11.7 Å². The fraction of sp³-hybridized carbons (Fsp3) is 0.655. The van der Waals surface area contributed by atoms with E-state index in [1.54, 1.807) is 0 Å². The van der Waals surface area contributed by atoms with Crippen molar-refractivity contribution >= 4 is 0 Å². The third-order valence-electron chi connectivity index (χ3n) is 5.91. The van der Waals surface area contributed by atoms with E-state index in [0.29, 0.717) is 6.10 Å². The lowest BCUT2D eigenvalue weighted by Crippen LogP contribution is -2.02. The molecule has 30 heavy (non-hydrogen) atoms. The first-order valence-corrected chi connectivity index (χ1v) is 12.1. The quantitative estimate of drug-likeness (QED) is 0.148. The Labute approximate surface area is 188 Å². The highest BCUT2D eigenvalue weighted by molar-refractivity contribution is 5.06. The van der Waals surface area contributed by atoms with E-state index in [-0.39, 0.29) is 5.60 Å². The first-order chi connectivity index (χ1) is 14.2. The molecule has 1 atom stereocenters. The second-order valence-corrected chi connectivity index (χ2v) is 9.88. The van der Waals surface area contributed by atoms with Gasteiger partial charge in [0, 0.05) is 0 Å². The van der Waals surface area contributed by atoms with E-state index >= 15 is 0 Å². The second kappa shape index (κ2) is 14.6. The van der Waals surface area contributed by atoms with Crippen LogP contribution in [0.2, 0.25) is 0 Å². The molecule has 0 aromatic rings. The van der Waals surface area contributed by atoms with Crippen molar-refractivity contribution in [1.29, 1.82) is 0 Å². The van der Waals surface area contributed by atoms with Gasteiger partial charge in [0.25, 0.3) is 0 Å². The maximum Gasteiger partial charge on any atom is 0.0892 e. The van der Waals surface area contributed by atoms with E-state index < -0.39 is 0 Å². The Morgan fingerprint density at radius 3 is 1.53 bits per heavy atom. The average Bonchev–Trinajstić information content (AvgIpc) is 3.28. The number of epoxide rings is 1. The highest BCUT2D eigenvalue weighted by atomic mass is 16.6. The molecular weight excluding hydrogens is 364 g/mol. The van der Waals surface area contributed by atoms with E-state index in [4.69, 9.17) is 4.74 Å². The van der Waals surface area contributed by atoms with Gasteiger partial charge < -0.3 is 4.74 Å². The molecule has 0 bridgehead atoms. The summed E-state index contributed by atoms with van der Waals surface area (Å²) in [5.41, 5.74) is 6.12. The van der Waals surface area contributed by atoms with Crippen molar-refractivity contribution in [2.75, 3.05) is 0 Å². The van der Waals surface area contributed by atoms with Crippen LogP contribution in [0.3, 0.4) is 0 Å². The minimum absolute atomic E-state index is 0.136. The molecule has 0 amide bonds. The molecule has 1 rings (SSSR count). The van der Waals surface area contributed by atoms with Gasteiger partial charge in [-0.25, -0.2) is 0 Å². The fourth-order valence-electron chi connectivity index (χ4n) is 3.63. The fourth-order valence-corrected chi connectivity index (χ4v) is 3.63. The SMILES string of the molecule is CC(C)=CCC/C(C)=C/CC/C(C)=C/CC/C=C/CC/C=C(\C)CC[C@@H]1OC1(C)C. The van der Waals surface area contributed by atoms with Crippen molar-refractivity contribution in [3.8, 4) is 0 Å². The van der Waals surface area contributed by atoms with Crippen LogP contribution in [0.25, 0.3) is 0 Å². The minimum Gasteiger partial charge on any atom is -0.367 e. The van der Waals surface area contributed by atoms with E-state index in [9.17, 15) is 0 Å². The number of hydrogen-bond donors (Lipinski definition) is 0. The normalized spacial score (nSPS) is 19.4. The van der Waals surface area contributed by atoms with Gasteiger partial charge in [0.2, 0.25) is 0 Å².